The van der Waals surface area contributed by atoms with Gasteiger partial charge in [0.05, 0.1) is 0 Å². The lowest BCUT2D eigenvalue weighted by atomic mass is 10.2. The third-order valence-electron chi connectivity index (χ3n) is 2.22. The Hall–Kier alpha value is -1.10. The second-order valence-corrected chi connectivity index (χ2v) is 3.62. The Morgan fingerprint density at radius 3 is 2.50 bits per heavy atom. The molecule has 1 amide bonds. The maximum Gasteiger partial charge on any atom is 0.326 e. The van der Waals surface area contributed by atoms with Crippen molar-refractivity contribution in [2.75, 3.05) is 6.61 Å². The number of aliphatic carboxylic acids is 1. The van der Waals surface area contributed by atoms with E-state index in [2.05, 4.69) is 5.32 Å². The zero-order chi connectivity index (χ0) is 10.6. The van der Waals surface area contributed by atoms with Crippen LogP contribution >= 0.6 is 0 Å². The topological polar surface area (TPSA) is 86.6 Å². The summed E-state index contributed by atoms with van der Waals surface area (Å²) in [6.45, 7) is -0.235. The van der Waals surface area contributed by atoms with Gasteiger partial charge in [-0.3, -0.25) is 4.79 Å². The number of carbonyl (C=O) groups is 2. The SMILES string of the molecule is O=C(CC1CC1)N[C@@H](CCO)C(=O)O. The minimum atomic E-state index is -1.09. The average molecular weight is 201 g/mol. The predicted octanol–water partition coefficient (Wildman–Crippen LogP) is -0.262. The number of rotatable bonds is 6. The van der Waals surface area contributed by atoms with Crippen LogP contribution in [0, 0.1) is 5.92 Å². The highest BCUT2D eigenvalue weighted by Gasteiger charge is 2.26. The van der Waals surface area contributed by atoms with Gasteiger partial charge in [0, 0.05) is 19.4 Å². The highest BCUT2D eigenvalue weighted by Crippen LogP contribution is 2.32. The molecule has 0 bridgehead atoms. The monoisotopic (exact) mass is 201 g/mol. The third kappa shape index (κ3) is 3.74. The molecule has 1 atom stereocenters. The number of aliphatic hydroxyl groups excluding tert-OH is 1. The maximum atomic E-state index is 11.2. The molecule has 0 aromatic carbocycles. The van der Waals surface area contributed by atoms with Crippen LogP contribution in [0.4, 0.5) is 0 Å². The summed E-state index contributed by atoms with van der Waals surface area (Å²) in [5.74, 6) is -0.880. The number of amides is 1. The summed E-state index contributed by atoms with van der Waals surface area (Å²) in [5.41, 5.74) is 0. The highest BCUT2D eigenvalue weighted by atomic mass is 16.4. The average Bonchev–Trinajstić information content (AvgIpc) is 2.87. The first kappa shape index (κ1) is 11.0. The highest BCUT2D eigenvalue weighted by molar-refractivity contribution is 5.83. The molecule has 1 fully saturated rings. The Balaban J connectivity index is 2.29. The fraction of sp³-hybridized carbons (Fsp3) is 0.778. The standard InChI is InChI=1S/C9H15NO4/c11-4-3-7(9(13)14)10-8(12)5-6-1-2-6/h6-7,11H,1-5H2,(H,10,12)(H,13,14)/t7-/m0/s1. The lowest BCUT2D eigenvalue weighted by molar-refractivity contribution is -0.142. The first-order valence-corrected chi connectivity index (χ1v) is 4.76. The first-order chi connectivity index (χ1) is 6.63. The molecule has 5 heteroatoms. The van der Waals surface area contributed by atoms with Crippen LogP contribution < -0.4 is 5.32 Å². The molecule has 0 heterocycles. The number of carbonyl (C=O) groups excluding carboxylic acids is 1. The number of hydrogen-bond acceptors (Lipinski definition) is 3. The van der Waals surface area contributed by atoms with Crippen LogP contribution in [0.1, 0.15) is 25.7 Å². The Morgan fingerprint density at radius 2 is 2.07 bits per heavy atom. The molecule has 5 nitrogen and oxygen atoms in total. The van der Waals surface area contributed by atoms with Gasteiger partial charge in [0.1, 0.15) is 6.04 Å². The van der Waals surface area contributed by atoms with E-state index in [1.54, 1.807) is 0 Å². The molecule has 1 aliphatic rings. The Labute approximate surface area is 82.1 Å². The van der Waals surface area contributed by atoms with Crippen molar-refractivity contribution in [3.05, 3.63) is 0 Å². The number of carboxylic acid groups (broad SMARTS) is 1. The van der Waals surface area contributed by atoms with E-state index in [4.69, 9.17) is 10.2 Å². The Bertz CT molecular complexity index is 225. The second-order valence-electron chi connectivity index (χ2n) is 3.62. The van der Waals surface area contributed by atoms with Gasteiger partial charge in [0.2, 0.25) is 5.91 Å². The summed E-state index contributed by atoms with van der Waals surface area (Å²) in [6, 6.07) is -0.953. The quantitative estimate of drug-likeness (QED) is 0.552. The van der Waals surface area contributed by atoms with E-state index in [1.165, 1.54) is 0 Å². The van der Waals surface area contributed by atoms with Crippen molar-refractivity contribution in [1.29, 1.82) is 0 Å². The molecule has 80 valence electrons. The largest absolute Gasteiger partial charge is 0.480 e. The lowest BCUT2D eigenvalue weighted by Crippen LogP contribution is -2.41. The number of aliphatic hydroxyl groups is 1. The number of hydrogen-bond donors (Lipinski definition) is 3. The van der Waals surface area contributed by atoms with Gasteiger partial charge in [-0.05, 0) is 18.8 Å². The minimum absolute atomic E-state index is 0.0613. The van der Waals surface area contributed by atoms with E-state index in [0.29, 0.717) is 12.3 Å². The molecule has 0 aromatic rings. The summed E-state index contributed by atoms with van der Waals surface area (Å²) < 4.78 is 0. The summed E-state index contributed by atoms with van der Waals surface area (Å²) >= 11 is 0. The molecule has 0 saturated heterocycles. The van der Waals surface area contributed by atoms with Crippen LogP contribution in [-0.2, 0) is 9.59 Å². The lowest BCUT2D eigenvalue weighted by Gasteiger charge is -2.12. The van der Waals surface area contributed by atoms with E-state index in [0.717, 1.165) is 12.8 Å². The van der Waals surface area contributed by atoms with Crippen LogP contribution in [0.3, 0.4) is 0 Å². The smallest absolute Gasteiger partial charge is 0.326 e. The van der Waals surface area contributed by atoms with Crippen LogP contribution in [0.5, 0.6) is 0 Å². The van der Waals surface area contributed by atoms with Crippen LogP contribution in [0.25, 0.3) is 0 Å². The molecule has 1 aliphatic carbocycles. The van der Waals surface area contributed by atoms with Crippen molar-refractivity contribution in [2.45, 2.75) is 31.7 Å². The van der Waals surface area contributed by atoms with Crippen molar-refractivity contribution in [3.8, 4) is 0 Å². The van der Waals surface area contributed by atoms with Crippen molar-refractivity contribution in [3.63, 3.8) is 0 Å². The molecule has 1 rings (SSSR count). The number of nitrogens with one attached hydrogen (secondary N) is 1. The molecule has 0 aliphatic heterocycles. The van der Waals surface area contributed by atoms with Crippen molar-refractivity contribution in [1.82, 2.24) is 5.32 Å². The zero-order valence-electron chi connectivity index (χ0n) is 7.90. The van der Waals surface area contributed by atoms with Crippen LogP contribution in [-0.4, -0.2) is 34.7 Å². The molecular weight excluding hydrogens is 186 g/mol. The molecule has 0 unspecified atom stereocenters. The fourth-order valence-electron chi connectivity index (χ4n) is 1.22. The van der Waals surface area contributed by atoms with Crippen LogP contribution in [0.15, 0.2) is 0 Å². The summed E-state index contributed by atoms with van der Waals surface area (Å²) in [5, 5.41) is 19.6. The van der Waals surface area contributed by atoms with Crippen molar-refractivity contribution >= 4 is 11.9 Å². The summed E-state index contributed by atoms with van der Waals surface area (Å²) in [6.07, 6.45) is 2.59. The van der Waals surface area contributed by atoms with Crippen molar-refractivity contribution in [2.24, 2.45) is 5.92 Å². The van der Waals surface area contributed by atoms with Gasteiger partial charge in [0.25, 0.3) is 0 Å². The van der Waals surface area contributed by atoms with Gasteiger partial charge in [-0.1, -0.05) is 0 Å². The first-order valence-electron chi connectivity index (χ1n) is 4.76. The maximum absolute atomic E-state index is 11.2. The minimum Gasteiger partial charge on any atom is -0.480 e. The van der Waals surface area contributed by atoms with E-state index >= 15 is 0 Å². The van der Waals surface area contributed by atoms with E-state index in [-0.39, 0.29) is 18.9 Å². The molecule has 0 aromatic heterocycles. The van der Waals surface area contributed by atoms with Gasteiger partial charge >= 0.3 is 5.97 Å². The normalized spacial score (nSPS) is 17.5. The molecule has 0 radical (unpaired) electrons. The zero-order valence-corrected chi connectivity index (χ0v) is 7.90. The van der Waals surface area contributed by atoms with E-state index in [1.807, 2.05) is 0 Å². The van der Waals surface area contributed by atoms with Crippen LogP contribution in [0.2, 0.25) is 0 Å². The summed E-state index contributed by atoms with van der Waals surface area (Å²) in [4.78, 5) is 21.8. The molecule has 0 spiro atoms. The van der Waals surface area contributed by atoms with Gasteiger partial charge in [-0.15, -0.1) is 0 Å². The Kier molecular flexibility index (Phi) is 3.88. The molecule has 1 saturated carbocycles. The van der Waals surface area contributed by atoms with Gasteiger partial charge in [-0.2, -0.15) is 0 Å². The second kappa shape index (κ2) is 4.95. The molecule has 14 heavy (non-hydrogen) atoms. The van der Waals surface area contributed by atoms with Gasteiger partial charge in [0.15, 0.2) is 0 Å². The van der Waals surface area contributed by atoms with Crippen molar-refractivity contribution < 1.29 is 19.8 Å². The predicted molar refractivity (Wildman–Crippen MR) is 48.6 cm³/mol. The summed E-state index contributed by atoms with van der Waals surface area (Å²) in [7, 11) is 0. The fourth-order valence-corrected chi connectivity index (χ4v) is 1.22. The molecular formula is C9H15NO4. The molecule has 3 N–H and O–H groups in total. The van der Waals surface area contributed by atoms with E-state index in [9.17, 15) is 9.59 Å². The van der Waals surface area contributed by atoms with Gasteiger partial charge in [-0.25, -0.2) is 4.79 Å². The van der Waals surface area contributed by atoms with E-state index < -0.39 is 12.0 Å². The number of carboxylic acids is 1. The van der Waals surface area contributed by atoms with Gasteiger partial charge < -0.3 is 15.5 Å². The third-order valence-corrected chi connectivity index (χ3v) is 2.22. The Morgan fingerprint density at radius 1 is 1.43 bits per heavy atom.